The maximum atomic E-state index is 13.7. The smallest absolute Gasteiger partial charge is 0.131 e. The average molecular weight is 228 g/mol. The number of hydrogen-bond acceptors (Lipinski definition) is 0. The zero-order valence-electron chi connectivity index (χ0n) is 9.08. The largest absolute Gasteiger partial charge is 0.207 e. The van der Waals surface area contributed by atoms with Crippen LogP contribution in [-0.2, 0) is 6.42 Å². The van der Waals surface area contributed by atoms with Gasteiger partial charge in [0, 0.05) is 5.56 Å². The third-order valence-corrected chi connectivity index (χ3v) is 3.05. The number of rotatable bonds is 1. The normalized spacial score (nSPS) is 13.4. The molecule has 0 aliphatic heterocycles. The van der Waals surface area contributed by atoms with Crippen LogP contribution in [0.1, 0.15) is 16.7 Å². The van der Waals surface area contributed by atoms with Gasteiger partial charge in [-0.3, -0.25) is 0 Å². The van der Waals surface area contributed by atoms with E-state index in [0.717, 1.165) is 29.2 Å². The molecular formula is C15H10F2. The van der Waals surface area contributed by atoms with Crippen molar-refractivity contribution in [3.8, 4) is 0 Å². The fourth-order valence-electron chi connectivity index (χ4n) is 2.24. The molecule has 0 bridgehead atoms. The maximum absolute atomic E-state index is 13.7. The van der Waals surface area contributed by atoms with E-state index in [2.05, 4.69) is 0 Å². The summed E-state index contributed by atoms with van der Waals surface area (Å²) in [6.45, 7) is 0. The Morgan fingerprint density at radius 2 is 1.71 bits per heavy atom. The summed E-state index contributed by atoms with van der Waals surface area (Å²) in [6.07, 6.45) is 2.73. The van der Waals surface area contributed by atoms with Gasteiger partial charge in [-0.2, -0.15) is 0 Å². The van der Waals surface area contributed by atoms with Crippen LogP contribution in [0.25, 0.3) is 5.57 Å². The van der Waals surface area contributed by atoms with E-state index in [4.69, 9.17) is 0 Å². The number of halogens is 2. The van der Waals surface area contributed by atoms with Crippen molar-refractivity contribution in [2.45, 2.75) is 6.42 Å². The molecule has 1 aliphatic carbocycles. The van der Waals surface area contributed by atoms with Crippen molar-refractivity contribution in [2.24, 2.45) is 0 Å². The molecule has 0 atom stereocenters. The van der Waals surface area contributed by atoms with Gasteiger partial charge < -0.3 is 0 Å². The molecule has 84 valence electrons. The SMILES string of the molecule is Fc1ccc(F)c(C2=CCc3ccccc32)c1. The van der Waals surface area contributed by atoms with Gasteiger partial charge in [0.1, 0.15) is 11.6 Å². The van der Waals surface area contributed by atoms with Crippen molar-refractivity contribution in [2.75, 3.05) is 0 Å². The van der Waals surface area contributed by atoms with Gasteiger partial charge in [-0.05, 0) is 41.3 Å². The Balaban J connectivity index is 2.16. The summed E-state index contributed by atoms with van der Waals surface area (Å²) >= 11 is 0. The van der Waals surface area contributed by atoms with Crippen LogP contribution in [-0.4, -0.2) is 0 Å². The first kappa shape index (κ1) is 10.2. The van der Waals surface area contributed by atoms with Crippen LogP contribution < -0.4 is 0 Å². The summed E-state index contributed by atoms with van der Waals surface area (Å²) in [4.78, 5) is 0. The van der Waals surface area contributed by atoms with E-state index in [0.29, 0.717) is 5.56 Å². The molecule has 2 aromatic rings. The lowest BCUT2D eigenvalue weighted by molar-refractivity contribution is 0.597. The van der Waals surface area contributed by atoms with E-state index >= 15 is 0 Å². The predicted octanol–water partition coefficient (Wildman–Crippen LogP) is 3.95. The van der Waals surface area contributed by atoms with Gasteiger partial charge in [0.2, 0.25) is 0 Å². The molecule has 2 aromatic carbocycles. The van der Waals surface area contributed by atoms with Gasteiger partial charge in [0.25, 0.3) is 0 Å². The molecular weight excluding hydrogens is 218 g/mol. The standard InChI is InChI=1S/C15H10F2/c16-11-6-8-15(17)14(9-11)13-7-5-10-3-1-2-4-12(10)13/h1-4,6-9H,5H2. The van der Waals surface area contributed by atoms with E-state index < -0.39 is 5.82 Å². The predicted molar refractivity (Wildman–Crippen MR) is 63.6 cm³/mol. The molecule has 0 saturated heterocycles. The highest BCUT2D eigenvalue weighted by Gasteiger charge is 2.17. The molecule has 0 heterocycles. The van der Waals surface area contributed by atoms with Gasteiger partial charge in [0.05, 0.1) is 0 Å². The Morgan fingerprint density at radius 1 is 0.882 bits per heavy atom. The zero-order chi connectivity index (χ0) is 11.8. The topological polar surface area (TPSA) is 0 Å². The van der Waals surface area contributed by atoms with Gasteiger partial charge in [-0.25, -0.2) is 8.78 Å². The first-order chi connectivity index (χ1) is 8.25. The van der Waals surface area contributed by atoms with Crippen LogP contribution in [0.4, 0.5) is 8.78 Å². The van der Waals surface area contributed by atoms with Gasteiger partial charge in [-0.1, -0.05) is 30.3 Å². The van der Waals surface area contributed by atoms with Crippen LogP contribution in [0, 0.1) is 11.6 Å². The van der Waals surface area contributed by atoms with Crippen LogP contribution >= 0.6 is 0 Å². The number of fused-ring (bicyclic) bond motifs is 1. The molecule has 1 aliphatic rings. The first-order valence-corrected chi connectivity index (χ1v) is 5.49. The lowest BCUT2D eigenvalue weighted by Gasteiger charge is -2.07. The molecule has 0 spiro atoms. The van der Waals surface area contributed by atoms with Crippen LogP contribution in [0.2, 0.25) is 0 Å². The van der Waals surface area contributed by atoms with Crippen molar-refractivity contribution in [3.05, 3.63) is 76.9 Å². The summed E-state index contributed by atoms with van der Waals surface area (Å²) < 4.78 is 26.9. The van der Waals surface area contributed by atoms with Crippen molar-refractivity contribution < 1.29 is 8.78 Å². The van der Waals surface area contributed by atoms with E-state index in [9.17, 15) is 8.78 Å². The van der Waals surface area contributed by atoms with E-state index in [1.54, 1.807) is 0 Å². The lowest BCUT2D eigenvalue weighted by Crippen LogP contribution is -1.92. The van der Waals surface area contributed by atoms with Crippen molar-refractivity contribution in [1.29, 1.82) is 0 Å². The van der Waals surface area contributed by atoms with E-state index in [1.807, 2.05) is 30.3 Å². The molecule has 2 heteroatoms. The Morgan fingerprint density at radius 3 is 2.59 bits per heavy atom. The molecule has 3 rings (SSSR count). The van der Waals surface area contributed by atoms with Crippen LogP contribution in [0.5, 0.6) is 0 Å². The fourth-order valence-corrected chi connectivity index (χ4v) is 2.24. The van der Waals surface area contributed by atoms with Gasteiger partial charge >= 0.3 is 0 Å². The minimum Gasteiger partial charge on any atom is -0.207 e. The maximum Gasteiger partial charge on any atom is 0.131 e. The number of benzene rings is 2. The molecule has 0 N–H and O–H groups in total. The minimum atomic E-state index is -0.410. The van der Waals surface area contributed by atoms with E-state index in [1.165, 1.54) is 12.1 Å². The molecule has 17 heavy (non-hydrogen) atoms. The third kappa shape index (κ3) is 1.66. The fraction of sp³-hybridized carbons (Fsp3) is 0.0667. The van der Waals surface area contributed by atoms with Crippen LogP contribution in [0.3, 0.4) is 0 Å². The van der Waals surface area contributed by atoms with Gasteiger partial charge in [-0.15, -0.1) is 0 Å². The van der Waals surface area contributed by atoms with E-state index in [-0.39, 0.29) is 5.82 Å². The summed E-state index contributed by atoms with van der Waals surface area (Å²) in [5.74, 6) is -0.791. The van der Waals surface area contributed by atoms with Gasteiger partial charge in [0.15, 0.2) is 0 Å². The minimum absolute atomic E-state index is 0.343. The Kier molecular flexibility index (Phi) is 2.29. The summed E-state index contributed by atoms with van der Waals surface area (Å²) in [7, 11) is 0. The first-order valence-electron chi connectivity index (χ1n) is 5.49. The molecule has 0 unspecified atom stereocenters. The monoisotopic (exact) mass is 228 g/mol. The highest BCUT2D eigenvalue weighted by Crippen LogP contribution is 2.33. The van der Waals surface area contributed by atoms with Crippen molar-refractivity contribution >= 4 is 5.57 Å². The molecule has 0 nitrogen and oxygen atoms in total. The van der Waals surface area contributed by atoms with Crippen LogP contribution in [0.15, 0.2) is 48.5 Å². The Labute approximate surface area is 98.2 Å². The third-order valence-electron chi connectivity index (χ3n) is 3.05. The molecule has 0 amide bonds. The molecule has 0 aromatic heterocycles. The second-order valence-electron chi connectivity index (χ2n) is 4.10. The Hall–Kier alpha value is -1.96. The molecule has 0 fully saturated rings. The summed E-state index contributed by atoms with van der Waals surface area (Å²) in [5, 5.41) is 0. The quantitative estimate of drug-likeness (QED) is 0.693. The second kappa shape index (κ2) is 3.81. The number of allylic oxidation sites excluding steroid dienone is 1. The molecule has 0 saturated carbocycles. The zero-order valence-corrected chi connectivity index (χ0v) is 9.08. The van der Waals surface area contributed by atoms with Crippen molar-refractivity contribution in [1.82, 2.24) is 0 Å². The number of hydrogen-bond donors (Lipinski definition) is 0. The highest BCUT2D eigenvalue weighted by atomic mass is 19.1. The average Bonchev–Trinajstić information content (AvgIpc) is 2.76. The lowest BCUT2D eigenvalue weighted by atomic mass is 9.99. The second-order valence-corrected chi connectivity index (χ2v) is 4.10. The summed E-state index contributed by atoms with van der Waals surface area (Å²) in [5.41, 5.74) is 3.29. The highest BCUT2D eigenvalue weighted by molar-refractivity contribution is 5.84. The Bertz CT molecular complexity index is 612. The molecule has 0 radical (unpaired) electrons. The van der Waals surface area contributed by atoms with Crippen molar-refractivity contribution in [3.63, 3.8) is 0 Å². The summed E-state index contributed by atoms with van der Waals surface area (Å²) in [6, 6.07) is 11.4.